The molecule has 5 rings (SSSR count). The van der Waals surface area contributed by atoms with Crippen molar-refractivity contribution in [1.29, 1.82) is 0 Å². The molecule has 1 aliphatic rings. The molecule has 0 saturated carbocycles. The van der Waals surface area contributed by atoms with Gasteiger partial charge < -0.3 is 24.8 Å². The van der Waals surface area contributed by atoms with Gasteiger partial charge in [-0.2, -0.15) is 4.98 Å². The van der Waals surface area contributed by atoms with E-state index >= 15 is 0 Å². The van der Waals surface area contributed by atoms with Crippen LogP contribution in [0.4, 0.5) is 11.6 Å². The highest BCUT2D eigenvalue weighted by atomic mass is 16.5. The largest absolute Gasteiger partial charge is 0.493 e. The Balaban J connectivity index is 1.67. The first kappa shape index (κ1) is 24.8. The fourth-order valence-corrected chi connectivity index (χ4v) is 4.47. The number of amides is 1. The van der Waals surface area contributed by atoms with E-state index in [2.05, 4.69) is 15.6 Å². The average Bonchev–Trinajstić information content (AvgIpc) is 3.35. The molecule has 38 heavy (non-hydrogen) atoms. The van der Waals surface area contributed by atoms with Gasteiger partial charge in [0, 0.05) is 17.5 Å². The van der Waals surface area contributed by atoms with Gasteiger partial charge in [-0.05, 0) is 43.7 Å². The van der Waals surface area contributed by atoms with E-state index in [-0.39, 0.29) is 5.91 Å². The Labute approximate surface area is 220 Å². The molecular weight excluding hydrogens is 484 g/mol. The van der Waals surface area contributed by atoms with E-state index < -0.39 is 6.04 Å². The Morgan fingerprint density at radius 1 is 1.00 bits per heavy atom. The minimum Gasteiger partial charge on any atom is -0.493 e. The van der Waals surface area contributed by atoms with Crippen molar-refractivity contribution in [1.82, 2.24) is 19.7 Å². The lowest BCUT2D eigenvalue weighted by Gasteiger charge is -2.29. The molecule has 2 aromatic heterocycles. The Morgan fingerprint density at radius 3 is 2.32 bits per heavy atom. The van der Waals surface area contributed by atoms with Crippen LogP contribution in [-0.4, -0.2) is 47.0 Å². The van der Waals surface area contributed by atoms with Crippen molar-refractivity contribution in [2.75, 3.05) is 32.0 Å². The molecule has 0 fully saturated rings. The number of rotatable bonds is 7. The van der Waals surface area contributed by atoms with Crippen LogP contribution in [0.1, 0.15) is 24.1 Å². The van der Waals surface area contributed by atoms with Crippen LogP contribution in [0.25, 0.3) is 11.4 Å². The van der Waals surface area contributed by atoms with E-state index in [0.717, 1.165) is 11.1 Å². The molecular formula is C28H28N6O4. The molecule has 1 atom stereocenters. The van der Waals surface area contributed by atoms with Gasteiger partial charge in [0.15, 0.2) is 17.3 Å². The minimum atomic E-state index is -0.650. The van der Waals surface area contributed by atoms with E-state index in [0.29, 0.717) is 51.5 Å². The molecule has 1 amide bonds. The Morgan fingerprint density at radius 2 is 1.71 bits per heavy atom. The molecule has 0 spiro atoms. The van der Waals surface area contributed by atoms with Gasteiger partial charge in [-0.1, -0.05) is 29.8 Å². The smallest absolute Gasteiger partial charge is 0.255 e. The maximum atomic E-state index is 13.7. The molecule has 3 heterocycles. The Hall–Kier alpha value is -4.86. The molecule has 10 nitrogen and oxygen atoms in total. The maximum Gasteiger partial charge on any atom is 0.255 e. The minimum absolute atomic E-state index is 0.306. The highest BCUT2D eigenvalue weighted by Crippen LogP contribution is 2.44. The van der Waals surface area contributed by atoms with Gasteiger partial charge in [0.25, 0.3) is 5.91 Å². The molecule has 4 aromatic rings. The number of hydrogen-bond acceptors (Lipinski definition) is 8. The monoisotopic (exact) mass is 512 g/mol. The third-order valence-electron chi connectivity index (χ3n) is 6.33. The van der Waals surface area contributed by atoms with Crippen molar-refractivity contribution >= 4 is 17.5 Å². The molecule has 10 heteroatoms. The number of aromatic nitrogens is 4. The van der Waals surface area contributed by atoms with Crippen molar-refractivity contribution in [3.8, 4) is 28.6 Å². The molecule has 0 bridgehead atoms. The van der Waals surface area contributed by atoms with E-state index in [4.69, 9.17) is 24.3 Å². The summed E-state index contributed by atoms with van der Waals surface area (Å²) in [6.07, 6.45) is 3.24. The van der Waals surface area contributed by atoms with Crippen molar-refractivity contribution in [3.63, 3.8) is 0 Å². The van der Waals surface area contributed by atoms with E-state index in [1.165, 1.54) is 0 Å². The van der Waals surface area contributed by atoms with Gasteiger partial charge in [0.1, 0.15) is 6.04 Å². The normalized spacial score (nSPS) is 14.4. The topological polar surface area (TPSA) is 112 Å². The Kier molecular flexibility index (Phi) is 6.69. The molecule has 0 aliphatic carbocycles. The number of methoxy groups -OCH3 is 3. The average molecular weight is 513 g/mol. The Bertz CT molecular complexity index is 1490. The van der Waals surface area contributed by atoms with Crippen LogP contribution in [0.2, 0.25) is 0 Å². The second-order valence-electron chi connectivity index (χ2n) is 8.79. The zero-order chi connectivity index (χ0) is 26.8. The zero-order valence-electron chi connectivity index (χ0n) is 21.8. The number of hydrogen-bond donors (Lipinski definition) is 2. The van der Waals surface area contributed by atoms with E-state index in [1.54, 1.807) is 50.5 Å². The summed E-state index contributed by atoms with van der Waals surface area (Å²) in [6.45, 7) is 3.87. The third-order valence-corrected chi connectivity index (χ3v) is 6.33. The zero-order valence-corrected chi connectivity index (χ0v) is 21.8. The van der Waals surface area contributed by atoms with E-state index in [1.807, 2.05) is 50.2 Å². The van der Waals surface area contributed by atoms with Crippen LogP contribution in [0, 0.1) is 6.92 Å². The number of benzene rings is 2. The molecule has 2 N–H and O–H groups in total. The van der Waals surface area contributed by atoms with Crippen molar-refractivity contribution in [2.24, 2.45) is 0 Å². The van der Waals surface area contributed by atoms with Crippen LogP contribution in [0.3, 0.4) is 0 Å². The number of nitrogens with one attached hydrogen (secondary N) is 2. The number of allylic oxidation sites excluding steroid dienone is 1. The van der Waals surface area contributed by atoms with Crippen LogP contribution >= 0.6 is 0 Å². The van der Waals surface area contributed by atoms with Gasteiger partial charge in [0.05, 0.1) is 38.8 Å². The number of pyridine rings is 1. The summed E-state index contributed by atoms with van der Waals surface area (Å²) >= 11 is 0. The number of carbonyl (C=O) groups excluding carboxylic acids is 1. The van der Waals surface area contributed by atoms with Crippen molar-refractivity contribution < 1.29 is 19.0 Å². The second kappa shape index (κ2) is 10.3. The predicted molar refractivity (Wildman–Crippen MR) is 144 cm³/mol. The highest BCUT2D eigenvalue weighted by Gasteiger charge is 2.36. The summed E-state index contributed by atoms with van der Waals surface area (Å²) in [5.41, 5.74) is 4.38. The SMILES string of the molecule is COc1cc(C2C(C(=O)Nc3cccnc3)=C(C)Nc3nc(-c4ccc(C)cc4)nn32)cc(OC)c1OC. The molecule has 1 unspecified atom stereocenters. The van der Waals surface area contributed by atoms with Gasteiger partial charge in [-0.15, -0.1) is 5.10 Å². The lowest BCUT2D eigenvalue weighted by molar-refractivity contribution is -0.113. The lowest BCUT2D eigenvalue weighted by Crippen LogP contribution is -2.31. The first-order valence-electron chi connectivity index (χ1n) is 12.0. The fourth-order valence-electron chi connectivity index (χ4n) is 4.47. The van der Waals surface area contributed by atoms with Crippen LogP contribution in [0.15, 0.2) is 72.2 Å². The van der Waals surface area contributed by atoms with Crippen LogP contribution < -0.4 is 24.8 Å². The number of aryl methyl sites for hydroxylation is 1. The number of nitrogens with zero attached hydrogens (tertiary/aromatic N) is 4. The number of ether oxygens (including phenoxy) is 3. The maximum absolute atomic E-state index is 13.7. The fraction of sp³-hybridized carbons (Fsp3) is 0.214. The lowest BCUT2D eigenvalue weighted by atomic mass is 9.94. The summed E-state index contributed by atoms with van der Waals surface area (Å²) in [5.74, 6) is 2.12. The molecule has 0 saturated heterocycles. The molecule has 2 aromatic carbocycles. The van der Waals surface area contributed by atoms with Crippen LogP contribution in [0.5, 0.6) is 17.2 Å². The summed E-state index contributed by atoms with van der Waals surface area (Å²) in [5, 5.41) is 11.1. The first-order chi connectivity index (χ1) is 18.4. The number of carbonyl (C=O) groups is 1. The van der Waals surface area contributed by atoms with Gasteiger partial charge in [-0.25, -0.2) is 4.68 Å². The molecule has 1 aliphatic heterocycles. The molecule has 194 valence electrons. The predicted octanol–water partition coefficient (Wildman–Crippen LogP) is 4.60. The highest BCUT2D eigenvalue weighted by molar-refractivity contribution is 6.06. The quantitative estimate of drug-likeness (QED) is 0.369. The summed E-state index contributed by atoms with van der Waals surface area (Å²) < 4.78 is 18.5. The number of anilines is 2. The van der Waals surface area contributed by atoms with E-state index in [9.17, 15) is 4.79 Å². The second-order valence-corrected chi connectivity index (χ2v) is 8.79. The van der Waals surface area contributed by atoms with Crippen molar-refractivity contribution in [2.45, 2.75) is 19.9 Å². The standard InChI is InChI=1S/C28H28N6O4/c1-16-8-10-18(11-9-16)26-32-28-30-17(2)23(27(35)31-20-7-6-12-29-15-20)24(34(28)33-26)19-13-21(36-3)25(38-5)22(14-19)37-4/h6-15,24H,1-5H3,(H,31,35)(H,30,32,33). The third kappa shape index (κ3) is 4.52. The summed E-state index contributed by atoms with van der Waals surface area (Å²) in [6, 6.07) is 14.5. The van der Waals surface area contributed by atoms with Crippen molar-refractivity contribution in [3.05, 3.63) is 83.3 Å². The first-order valence-corrected chi connectivity index (χ1v) is 12.0. The summed E-state index contributed by atoms with van der Waals surface area (Å²) in [7, 11) is 4.65. The van der Waals surface area contributed by atoms with Gasteiger partial charge >= 0.3 is 0 Å². The van der Waals surface area contributed by atoms with Gasteiger partial charge in [0.2, 0.25) is 11.7 Å². The van der Waals surface area contributed by atoms with Crippen LogP contribution in [-0.2, 0) is 4.79 Å². The number of fused-ring (bicyclic) bond motifs is 1. The van der Waals surface area contributed by atoms with Gasteiger partial charge in [-0.3, -0.25) is 9.78 Å². The molecule has 0 radical (unpaired) electrons. The summed E-state index contributed by atoms with van der Waals surface area (Å²) in [4.78, 5) is 22.6.